The van der Waals surface area contributed by atoms with Crippen molar-refractivity contribution in [1.29, 1.82) is 0 Å². The van der Waals surface area contributed by atoms with Crippen molar-refractivity contribution in [2.45, 2.75) is 143 Å². The van der Waals surface area contributed by atoms with Crippen molar-refractivity contribution in [2.24, 2.45) is 0 Å². The van der Waals surface area contributed by atoms with Crippen molar-refractivity contribution in [3.8, 4) is 0 Å². The van der Waals surface area contributed by atoms with Crippen LogP contribution in [0.25, 0.3) is 0 Å². The lowest BCUT2D eigenvalue weighted by Gasteiger charge is -2.30. The molecular formula is C25H51NO. The number of hydrogen-bond acceptors (Lipinski definition) is 2. The van der Waals surface area contributed by atoms with Crippen molar-refractivity contribution < 1.29 is 4.79 Å². The molecule has 0 aromatic rings. The Bertz CT molecular complexity index is 307. The van der Waals surface area contributed by atoms with E-state index in [-0.39, 0.29) is 6.04 Å². The summed E-state index contributed by atoms with van der Waals surface area (Å²) in [6.45, 7) is 11.1. The Hall–Kier alpha value is -0.370. The second-order valence-corrected chi connectivity index (χ2v) is 8.42. The quantitative estimate of drug-likeness (QED) is 0.188. The third-order valence-electron chi connectivity index (χ3n) is 5.82. The highest BCUT2D eigenvalue weighted by atomic mass is 16.1. The summed E-state index contributed by atoms with van der Waals surface area (Å²) >= 11 is 0. The Balaban J connectivity index is 3.88. The summed E-state index contributed by atoms with van der Waals surface area (Å²) in [4.78, 5) is 15.2. The number of unbranched alkanes of at least 4 members (excludes halogenated alkanes) is 12. The van der Waals surface area contributed by atoms with E-state index in [1.54, 1.807) is 0 Å². The summed E-state index contributed by atoms with van der Waals surface area (Å²) < 4.78 is 0. The lowest BCUT2D eigenvalue weighted by Crippen LogP contribution is -2.42. The van der Waals surface area contributed by atoms with E-state index in [1.165, 1.54) is 89.9 Å². The van der Waals surface area contributed by atoms with E-state index in [0.29, 0.717) is 5.78 Å². The van der Waals surface area contributed by atoms with E-state index in [9.17, 15) is 4.79 Å². The predicted molar refractivity (Wildman–Crippen MR) is 122 cm³/mol. The molecular weight excluding hydrogens is 330 g/mol. The van der Waals surface area contributed by atoms with Crippen molar-refractivity contribution in [2.75, 3.05) is 13.1 Å². The van der Waals surface area contributed by atoms with E-state index >= 15 is 0 Å². The first-order chi connectivity index (χ1) is 13.2. The number of hydrogen-bond donors (Lipinski definition) is 0. The molecule has 0 rings (SSSR count). The summed E-state index contributed by atoms with van der Waals surface area (Å²) in [6.07, 6.45) is 21.4. The number of carbonyl (C=O) groups excluding carboxylic acids is 1. The first-order valence-electron chi connectivity index (χ1n) is 12.5. The Morgan fingerprint density at radius 3 is 1.41 bits per heavy atom. The second kappa shape index (κ2) is 20.4. The predicted octanol–water partition coefficient (Wildman–Crippen LogP) is 7.94. The van der Waals surface area contributed by atoms with Crippen LogP contribution in [0.2, 0.25) is 0 Å². The average molecular weight is 382 g/mol. The third-order valence-corrected chi connectivity index (χ3v) is 5.82. The van der Waals surface area contributed by atoms with Crippen LogP contribution >= 0.6 is 0 Å². The molecule has 0 heterocycles. The van der Waals surface area contributed by atoms with Crippen LogP contribution < -0.4 is 0 Å². The molecule has 0 aromatic carbocycles. The highest BCUT2D eigenvalue weighted by Crippen LogP contribution is 2.15. The van der Waals surface area contributed by atoms with Gasteiger partial charge < -0.3 is 0 Å². The Kier molecular flexibility index (Phi) is 20.1. The van der Waals surface area contributed by atoms with Crippen molar-refractivity contribution in [3.05, 3.63) is 0 Å². The number of Topliss-reactive ketones (excluding diaryl/α,β-unsaturated/α-hetero) is 1. The Morgan fingerprint density at radius 2 is 1.00 bits per heavy atom. The highest BCUT2D eigenvalue weighted by Gasteiger charge is 2.22. The zero-order valence-electron chi connectivity index (χ0n) is 19.4. The topological polar surface area (TPSA) is 20.3 Å². The van der Waals surface area contributed by atoms with Crippen LogP contribution in [0.1, 0.15) is 137 Å². The number of nitrogens with zero attached hydrogens (tertiary/aromatic N) is 1. The number of carbonyl (C=O) groups is 1. The molecule has 0 saturated carbocycles. The molecule has 0 saturated heterocycles. The second-order valence-electron chi connectivity index (χ2n) is 8.42. The Labute approximate surface area is 171 Å². The zero-order chi connectivity index (χ0) is 20.2. The molecule has 162 valence electrons. The molecule has 0 amide bonds. The fraction of sp³-hybridized carbons (Fsp3) is 0.960. The van der Waals surface area contributed by atoms with Crippen molar-refractivity contribution in [3.63, 3.8) is 0 Å². The van der Waals surface area contributed by atoms with Gasteiger partial charge in [-0.1, -0.05) is 105 Å². The maximum atomic E-state index is 12.8. The van der Waals surface area contributed by atoms with E-state index < -0.39 is 0 Å². The van der Waals surface area contributed by atoms with Gasteiger partial charge in [-0.05, 0) is 38.8 Å². The summed E-state index contributed by atoms with van der Waals surface area (Å²) in [7, 11) is 0. The van der Waals surface area contributed by atoms with Crippen molar-refractivity contribution in [1.82, 2.24) is 4.90 Å². The summed E-state index contributed by atoms with van der Waals surface area (Å²) in [5, 5.41) is 0. The molecule has 0 radical (unpaired) electrons. The van der Waals surface area contributed by atoms with Crippen LogP contribution in [0.15, 0.2) is 0 Å². The third kappa shape index (κ3) is 15.3. The van der Waals surface area contributed by atoms with Gasteiger partial charge in [0.05, 0.1) is 6.04 Å². The molecule has 0 spiro atoms. The molecule has 1 atom stereocenters. The standard InChI is InChI=1S/C25H51NO/c1-5-9-12-13-14-15-16-17-18-19-20-21-25(27)24(8-4)26(22-10-6-2)23-11-7-3/h24H,5-23H2,1-4H3. The normalized spacial score (nSPS) is 12.6. The van der Waals surface area contributed by atoms with Crippen LogP contribution in [0.4, 0.5) is 0 Å². The summed E-state index contributed by atoms with van der Waals surface area (Å²) in [6, 6.07) is 0.172. The van der Waals surface area contributed by atoms with E-state index in [1.807, 2.05) is 0 Å². The van der Waals surface area contributed by atoms with Crippen LogP contribution in [-0.4, -0.2) is 29.8 Å². The first-order valence-corrected chi connectivity index (χ1v) is 12.5. The van der Waals surface area contributed by atoms with E-state index in [2.05, 4.69) is 32.6 Å². The molecule has 1 unspecified atom stereocenters. The lowest BCUT2D eigenvalue weighted by molar-refractivity contribution is -0.124. The molecule has 0 bridgehead atoms. The monoisotopic (exact) mass is 381 g/mol. The van der Waals surface area contributed by atoms with Gasteiger partial charge in [-0.2, -0.15) is 0 Å². The lowest BCUT2D eigenvalue weighted by atomic mass is 10.00. The maximum absolute atomic E-state index is 12.8. The molecule has 0 aliphatic heterocycles. The molecule has 0 aliphatic rings. The number of rotatable bonds is 21. The van der Waals surface area contributed by atoms with Crippen LogP contribution in [0.3, 0.4) is 0 Å². The fourth-order valence-corrected chi connectivity index (χ4v) is 3.97. The highest BCUT2D eigenvalue weighted by molar-refractivity contribution is 5.83. The smallest absolute Gasteiger partial charge is 0.149 e. The SMILES string of the molecule is CCCCCCCCCCCCCC(=O)C(CC)N(CCCC)CCCC. The van der Waals surface area contributed by atoms with E-state index in [0.717, 1.165) is 32.4 Å². The van der Waals surface area contributed by atoms with Crippen LogP contribution in [0, 0.1) is 0 Å². The Morgan fingerprint density at radius 1 is 0.593 bits per heavy atom. The van der Waals surface area contributed by atoms with Gasteiger partial charge in [0.25, 0.3) is 0 Å². The molecule has 27 heavy (non-hydrogen) atoms. The van der Waals surface area contributed by atoms with Gasteiger partial charge in [0.15, 0.2) is 0 Å². The molecule has 0 aromatic heterocycles. The first kappa shape index (κ1) is 26.6. The average Bonchev–Trinajstić information content (AvgIpc) is 2.68. The van der Waals surface area contributed by atoms with Crippen molar-refractivity contribution >= 4 is 5.78 Å². The number of ketones is 1. The maximum Gasteiger partial charge on any atom is 0.149 e. The van der Waals surface area contributed by atoms with Crippen LogP contribution in [-0.2, 0) is 4.79 Å². The largest absolute Gasteiger partial charge is 0.298 e. The van der Waals surface area contributed by atoms with Gasteiger partial charge >= 0.3 is 0 Å². The molecule has 2 nitrogen and oxygen atoms in total. The van der Waals surface area contributed by atoms with Gasteiger partial charge in [-0.15, -0.1) is 0 Å². The van der Waals surface area contributed by atoms with Gasteiger partial charge in [0.1, 0.15) is 5.78 Å². The molecule has 0 fully saturated rings. The minimum Gasteiger partial charge on any atom is -0.298 e. The van der Waals surface area contributed by atoms with Gasteiger partial charge in [-0.3, -0.25) is 9.69 Å². The summed E-state index contributed by atoms with van der Waals surface area (Å²) in [5.74, 6) is 0.501. The fourth-order valence-electron chi connectivity index (χ4n) is 3.97. The molecule has 2 heteroatoms. The minimum atomic E-state index is 0.172. The minimum absolute atomic E-state index is 0.172. The summed E-state index contributed by atoms with van der Waals surface area (Å²) in [5.41, 5.74) is 0. The van der Waals surface area contributed by atoms with Crippen LogP contribution in [0.5, 0.6) is 0 Å². The van der Waals surface area contributed by atoms with Gasteiger partial charge in [0, 0.05) is 6.42 Å². The zero-order valence-corrected chi connectivity index (χ0v) is 19.4. The van der Waals surface area contributed by atoms with E-state index in [4.69, 9.17) is 0 Å². The van der Waals surface area contributed by atoms with Gasteiger partial charge in [-0.25, -0.2) is 0 Å². The molecule has 0 aliphatic carbocycles. The van der Waals surface area contributed by atoms with Gasteiger partial charge in [0.2, 0.25) is 0 Å². The molecule has 0 N–H and O–H groups in total.